The first-order valence-electron chi connectivity index (χ1n) is 4.96. The van der Waals surface area contributed by atoms with Gasteiger partial charge in [0, 0.05) is 12.1 Å². The van der Waals surface area contributed by atoms with Gasteiger partial charge in [0.25, 0.3) is 0 Å². The first-order chi connectivity index (χ1) is 6.08. The third kappa shape index (κ3) is 1.72. The summed E-state index contributed by atoms with van der Waals surface area (Å²) in [6.45, 7) is 5.86. The lowest BCUT2D eigenvalue weighted by molar-refractivity contribution is 0.170. The molecule has 2 heteroatoms. The van der Waals surface area contributed by atoms with Gasteiger partial charge in [-0.3, -0.25) is 5.32 Å². The average molecular weight is 180 g/mol. The van der Waals surface area contributed by atoms with E-state index in [9.17, 15) is 0 Å². The molecule has 0 aliphatic heterocycles. The minimum Gasteiger partial charge on any atom is -0.329 e. The van der Waals surface area contributed by atoms with E-state index in [1.165, 1.54) is 12.8 Å². The van der Waals surface area contributed by atoms with Gasteiger partial charge in [0.2, 0.25) is 0 Å². The highest BCUT2D eigenvalue weighted by Crippen LogP contribution is 2.45. The molecule has 0 spiro atoms. The van der Waals surface area contributed by atoms with Crippen molar-refractivity contribution in [2.45, 2.75) is 38.6 Å². The maximum atomic E-state index is 5.85. The molecule has 3 N–H and O–H groups in total. The van der Waals surface area contributed by atoms with Crippen molar-refractivity contribution in [2.24, 2.45) is 11.1 Å². The van der Waals surface area contributed by atoms with Gasteiger partial charge in [0.15, 0.2) is 0 Å². The van der Waals surface area contributed by atoms with Gasteiger partial charge in [0.1, 0.15) is 0 Å². The highest BCUT2D eigenvalue weighted by molar-refractivity contribution is 5.07. The molecule has 1 aliphatic rings. The fourth-order valence-electron chi connectivity index (χ4n) is 2.41. The number of hydrogen-bond donors (Lipinski definition) is 2. The molecule has 0 bridgehead atoms. The van der Waals surface area contributed by atoms with Crippen LogP contribution in [0.2, 0.25) is 0 Å². The van der Waals surface area contributed by atoms with E-state index in [1.807, 2.05) is 0 Å². The predicted octanol–water partition coefficient (Wildman–Crippen LogP) is 1.12. The van der Waals surface area contributed by atoms with Gasteiger partial charge in [0.05, 0.1) is 6.54 Å². The Morgan fingerprint density at radius 3 is 2.54 bits per heavy atom. The molecule has 0 radical (unpaired) electrons. The molecule has 0 aromatic rings. The Labute approximate surface area is 81.3 Å². The summed E-state index contributed by atoms with van der Waals surface area (Å²) >= 11 is 0. The summed E-state index contributed by atoms with van der Waals surface area (Å²) in [4.78, 5) is 0. The molecule has 1 saturated carbocycles. The smallest absolute Gasteiger partial charge is 0.0578 e. The molecule has 0 heterocycles. The van der Waals surface area contributed by atoms with Crippen molar-refractivity contribution in [2.75, 3.05) is 13.1 Å². The molecule has 2 nitrogen and oxygen atoms in total. The van der Waals surface area contributed by atoms with Crippen LogP contribution in [0.3, 0.4) is 0 Å². The summed E-state index contributed by atoms with van der Waals surface area (Å²) < 4.78 is 0. The predicted molar refractivity (Wildman–Crippen MR) is 56.3 cm³/mol. The van der Waals surface area contributed by atoms with Crippen LogP contribution >= 0.6 is 0 Å². The molecule has 1 fully saturated rings. The van der Waals surface area contributed by atoms with Crippen LogP contribution in [0.15, 0.2) is 0 Å². The molecule has 1 atom stereocenters. The molecule has 74 valence electrons. The minimum absolute atomic E-state index is 0.0688. The van der Waals surface area contributed by atoms with Crippen LogP contribution in [0, 0.1) is 17.8 Å². The van der Waals surface area contributed by atoms with Crippen molar-refractivity contribution in [1.29, 1.82) is 0 Å². The van der Waals surface area contributed by atoms with E-state index in [0.717, 1.165) is 6.42 Å². The van der Waals surface area contributed by atoms with Gasteiger partial charge in [-0.1, -0.05) is 26.2 Å². The second-order valence-corrected chi connectivity index (χ2v) is 4.58. The van der Waals surface area contributed by atoms with E-state index < -0.39 is 0 Å². The van der Waals surface area contributed by atoms with Crippen LogP contribution in [0.5, 0.6) is 0 Å². The summed E-state index contributed by atoms with van der Waals surface area (Å²) in [5.74, 6) is 2.62. The highest BCUT2D eigenvalue weighted by Gasteiger charge is 2.47. The maximum Gasteiger partial charge on any atom is 0.0578 e. The van der Waals surface area contributed by atoms with Crippen molar-refractivity contribution in [3.63, 3.8) is 0 Å². The topological polar surface area (TPSA) is 38.0 Å². The van der Waals surface area contributed by atoms with E-state index >= 15 is 0 Å². The van der Waals surface area contributed by atoms with Gasteiger partial charge in [-0.2, -0.15) is 0 Å². The van der Waals surface area contributed by atoms with Crippen LogP contribution in [0.25, 0.3) is 0 Å². The van der Waals surface area contributed by atoms with Gasteiger partial charge >= 0.3 is 0 Å². The molecule has 0 saturated heterocycles. The molecule has 1 rings (SSSR count). The Kier molecular flexibility index (Phi) is 3.00. The Balaban J connectivity index is 2.74. The number of nitrogens with two attached hydrogens (primary N) is 1. The fraction of sp³-hybridized carbons (Fsp3) is 0.818. The summed E-state index contributed by atoms with van der Waals surface area (Å²) in [6, 6.07) is 0. The van der Waals surface area contributed by atoms with Crippen molar-refractivity contribution in [3.8, 4) is 12.3 Å². The zero-order valence-electron chi connectivity index (χ0n) is 8.69. The molecule has 13 heavy (non-hydrogen) atoms. The largest absolute Gasteiger partial charge is 0.329 e. The summed E-state index contributed by atoms with van der Waals surface area (Å²) in [5, 5.41) is 3.42. The SMILES string of the molecule is C#CCNC1(CN)CCCC1(C)C. The van der Waals surface area contributed by atoms with Crippen LogP contribution < -0.4 is 11.1 Å². The second kappa shape index (κ2) is 3.69. The lowest BCUT2D eigenvalue weighted by Gasteiger charge is -2.41. The number of rotatable bonds is 3. The van der Waals surface area contributed by atoms with E-state index in [-0.39, 0.29) is 11.0 Å². The first kappa shape index (κ1) is 10.6. The number of hydrogen-bond acceptors (Lipinski definition) is 2. The fourth-order valence-corrected chi connectivity index (χ4v) is 2.41. The molecule has 1 unspecified atom stereocenters. The maximum absolute atomic E-state index is 5.85. The van der Waals surface area contributed by atoms with Gasteiger partial charge in [-0.25, -0.2) is 0 Å². The molecule has 1 aliphatic carbocycles. The molecule has 0 aromatic carbocycles. The standard InChI is InChI=1S/C11H20N2/c1-4-8-13-11(9-12)7-5-6-10(11,2)3/h1,13H,5-9,12H2,2-3H3. The van der Waals surface area contributed by atoms with Gasteiger partial charge in [-0.05, 0) is 18.3 Å². The van der Waals surface area contributed by atoms with Crippen LogP contribution in [-0.4, -0.2) is 18.6 Å². The lowest BCUT2D eigenvalue weighted by atomic mass is 9.75. The summed E-state index contributed by atoms with van der Waals surface area (Å²) in [7, 11) is 0. The molecule has 0 amide bonds. The normalized spacial score (nSPS) is 31.5. The van der Waals surface area contributed by atoms with Gasteiger partial charge in [-0.15, -0.1) is 6.42 Å². The van der Waals surface area contributed by atoms with Crippen LogP contribution in [0.1, 0.15) is 33.1 Å². The van der Waals surface area contributed by atoms with E-state index in [2.05, 4.69) is 25.1 Å². The van der Waals surface area contributed by atoms with Crippen molar-refractivity contribution < 1.29 is 0 Å². The van der Waals surface area contributed by atoms with E-state index in [1.54, 1.807) is 0 Å². The zero-order chi connectivity index (χ0) is 9.95. The summed E-state index contributed by atoms with van der Waals surface area (Å²) in [6.07, 6.45) is 8.90. The lowest BCUT2D eigenvalue weighted by Crippen LogP contribution is -2.57. The quantitative estimate of drug-likeness (QED) is 0.639. The molecular formula is C11H20N2. The third-order valence-electron chi connectivity index (χ3n) is 3.58. The monoisotopic (exact) mass is 180 g/mol. The molecular weight excluding hydrogens is 160 g/mol. The first-order valence-corrected chi connectivity index (χ1v) is 4.96. The molecule has 0 aromatic heterocycles. The Morgan fingerprint density at radius 2 is 2.15 bits per heavy atom. The zero-order valence-corrected chi connectivity index (χ0v) is 8.69. The Morgan fingerprint density at radius 1 is 1.46 bits per heavy atom. The van der Waals surface area contributed by atoms with E-state index in [4.69, 9.17) is 12.2 Å². The number of terminal acetylenes is 1. The third-order valence-corrected chi connectivity index (χ3v) is 3.58. The Bertz CT molecular complexity index is 215. The minimum atomic E-state index is 0.0688. The highest BCUT2D eigenvalue weighted by atomic mass is 15.0. The average Bonchev–Trinajstić information content (AvgIpc) is 2.38. The Hall–Kier alpha value is -0.520. The number of nitrogens with one attached hydrogen (secondary N) is 1. The van der Waals surface area contributed by atoms with Crippen LogP contribution in [-0.2, 0) is 0 Å². The van der Waals surface area contributed by atoms with Gasteiger partial charge < -0.3 is 5.73 Å². The van der Waals surface area contributed by atoms with Crippen molar-refractivity contribution in [3.05, 3.63) is 0 Å². The van der Waals surface area contributed by atoms with Crippen molar-refractivity contribution in [1.82, 2.24) is 5.32 Å². The van der Waals surface area contributed by atoms with E-state index in [0.29, 0.717) is 13.1 Å². The van der Waals surface area contributed by atoms with Crippen LogP contribution in [0.4, 0.5) is 0 Å². The second-order valence-electron chi connectivity index (χ2n) is 4.58. The van der Waals surface area contributed by atoms with Crippen molar-refractivity contribution >= 4 is 0 Å². The summed E-state index contributed by atoms with van der Waals surface area (Å²) in [5.41, 5.74) is 6.20.